The van der Waals surface area contributed by atoms with Gasteiger partial charge in [-0.1, -0.05) is 148 Å². The highest BCUT2D eigenvalue weighted by molar-refractivity contribution is 6.29. The molecule has 0 spiro atoms. The Kier molecular flexibility index (Phi) is 7.78. The zero-order chi connectivity index (χ0) is 37.3. The van der Waals surface area contributed by atoms with E-state index in [1.165, 1.54) is 60.1 Å². The van der Waals surface area contributed by atoms with Crippen LogP contribution in [0.3, 0.4) is 0 Å². The molecular formula is C53H44N2. The second-order valence-electron chi connectivity index (χ2n) is 16.3. The van der Waals surface area contributed by atoms with Gasteiger partial charge in [0.05, 0.1) is 11.4 Å². The number of aryl methyl sites for hydroxylation is 1. The molecule has 9 aromatic rings. The molecule has 0 saturated carbocycles. The molecule has 266 valence electrons. The highest BCUT2D eigenvalue weighted by atomic mass is 15.2. The molecule has 0 fully saturated rings. The molecule has 0 saturated heterocycles. The number of hydrogen-bond acceptors (Lipinski definition) is 2. The van der Waals surface area contributed by atoms with Gasteiger partial charge in [-0.2, -0.15) is 0 Å². The SMILES string of the molecule is Cc1ccc(CC2c3cccc(c3)N(c3ccccc3)c3cc(c4ccc5cc(C(C)(C)C)cc6ccc3c4c65)N(c3ccccc3)c3cccc2c3)cc1. The fraction of sp³-hybridized carbons (Fsp3) is 0.132. The Morgan fingerprint density at radius 3 is 1.44 bits per heavy atom. The van der Waals surface area contributed by atoms with Crippen LogP contribution < -0.4 is 9.80 Å². The normalized spacial score (nSPS) is 13.4. The van der Waals surface area contributed by atoms with E-state index in [1.54, 1.807) is 0 Å². The van der Waals surface area contributed by atoms with Gasteiger partial charge in [-0.3, -0.25) is 0 Å². The monoisotopic (exact) mass is 708 g/mol. The third-order valence-electron chi connectivity index (χ3n) is 11.7. The van der Waals surface area contributed by atoms with Crippen LogP contribution in [0.4, 0.5) is 34.1 Å². The first-order valence-corrected chi connectivity index (χ1v) is 19.5. The van der Waals surface area contributed by atoms with Crippen LogP contribution in [0.25, 0.3) is 32.3 Å². The lowest BCUT2D eigenvalue weighted by Crippen LogP contribution is -2.16. The zero-order valence-corrected chi connectivity index (χ0v) is 31.9. The van der Waals surface area contributed by atoms with Gasteiger partial charge in [0.2, 0.25) is 0 Å². The lowest BCUT2D eigenvalue weighted by atomic mass is 9.83. The molecule has 1 aliphatic rings. The Labute approximate surface area is 324 Å². The fourth-order valence-corrected chi connectivity index (χ4v) is 8.84. The Morgan fingerprint density at radius 1 is 0.455 bits per heavy atom. The number of rotatable bonds is 4. The van der Waals surface area contributed by atoms with Crippen molar-refractivity contribution < 1.29 is 0 Å². The van der Waals surface area contributed by atoms with Crippen molar-refractivity contribution in [2.45, 2.75) is 45.4 Å². The molecule has 55 heavy (non-hydrogen) atoms. The summed E-state index contributed by atoms with van der Waals surface area (Å²) in [5.74, 6) is 0.147. The van der Waals surface area contributed by atoms with Gasteiger partial charge in [0, 0.05) is 44.8 Å². The third-order valence-corrected chi connectivity index (χ3v) is 11.7. The van der Waals surface area contributed by atoms with Crippen molar-refractivity contribution in [3.63, 3.8) is 0 Å². The summed E-state index contributed by atoms with van der Waals surface area (Å²) in [5.41, 5.74) is 13.5. The zero-order valence-electron chi connectivity index (χ0n) is 31.9. The van der Waals surface area contributed by atoms with Gasteiger partial charge in [-0.25, -0.2) is 0 Å². The summed E-state index contributed by atoms with van der Waals surface area (Å²) in [6, 6.07) is 66.1. The van der Waals surface area contributed by atoms with E-state index in [2.05, 4.69) is 213 Å². The maximum absolute atomic E-state index is 2.49. The summed E-state index contributed by atoms with van der Waals surface area (Å²) in [5, 5.41) is 7.66. The largest absolute Gasteiger partial charge is 0.310 e. The standard InChI is InChI=1S/C53H44N2/c1-35-21-23-36(24-22-35)29-48-37-13-11-19-44(32-37)54(42-15-7-5-8-16-42)49-34-50(55(43-17-9-6-10-18-43)45-20-12-14-38(48)33-45)47-28-26-40-31-41(53(2,3)4)30-39-25-27-46(49)52(47)51(39)40/h5-28,30-34,48H,29H2,1-4H3. The van der Waals surface area contributed by atoms with Gasteiger partial charge in [-0.05, 0) is 112 Å². The van der Waals surface area contributed by atoms with E-state index >= 15 is 0 Å². The van der Waals surface area contributed by atoms with E-state index in [4.69, 9.17) is 0 Å². The fourth-order valence-electron chi connectivity index (χ4n) is 8.84. The second-order valence-corrected chi connectivity index (χ2v) is 16.3. The third kappa shape index (κ3) is 5.72. The van der Waals surface area contributed by atoms with Crippen LogP contribution in [-0.4, -0.2) is 0 Å². The average Bonchev–Trinajstić information content (AvgIpc) is 3.21. The number of nitrogens with zero attached hydrogens (tertiary/aromatic N) is 2. The van der Waals surface area contributed by atoms with E-state index in [9.17, 15) is 0 Å². The van der Waals surface area contributed by atoms with Gasteiger partial charge >= 0.3 is 0 Å². The molecule has 2 nitrogen and oxygen atoms in total. The first-order valence-electron chi connectivity index (χ1n) is 19.5. The molecular weight excluding hydrogens is 665 g/mol. The van der Waals surface area contributed by atoms with Crippen molar-refractivity contribution >= 4 is 66.4 Å². The molecule has 0 amide bonds. The number of fused-ring (bicyclic) bond motifs is 8. The van der Waals surface area contributed by atoms with E-state index in [0.717, 1.165) is 40.5 Å². The van der Waals surface area contributed by atoms with Gasteiger partial charge in [0.1, 0.15) is 0 Å². The number of para-hydroxylation sites is 2. The van der Waals surface area contributed by atoms with Gasteiger partial charge in [-0.15, -0.1) is 0 Å². The average molecular weight is 709 g/mol. The van der Waals surface area contributed by atoms with Crippen molar-refractivity contribution in [2.24, 2.45) is 0 Å². The van der Waals surface area contributed by atoms with Crippen molar-refractivity contribution in [3.8, 4) is 0 Å². The first kappa shape index (κ1) is 33.2. The highest BCUT2D eigenvalue weighted by Crippen LogP contribution is 2.51. The maximum Gasteiger partial charge on any atom is 0.0561 e. The van der Waals surface area contributed by atoms with Gasteiger partial charge < -0.3 is 9.80 Å². The summed E-state index contributed by atoms with van der Waals surface area (Å²) in [6.45, 7) is 9.09. The maximum atomic E-state index is 2.49. The molecule has 6 bridgehead atoms. The Balaban J connectivity index is 1.35. The molecule has 1 aliphatic heterocycles. The summed E-state index contributed by atoms with van der Waals surface area (Å²) in [7, 11) is 0. The molecule has 0 aromatic heterocycles. The van der Waals surface area contributed by atoms with Crippen molar-refractivity contribution in [2.75, 3.05) is 9.80 Å². The molecule has 0 unspecified atom stereocenters. The lowest BCUT2D eigenvalue weighted by Gasteiger charge is -2.34. The van der Waals surface area contributed by atoms with Crippen LogP contribution in [0.15, 0.2) is 176 Å². The van der Waals surface area contributed by atoms with Crippen LogP contribution in [0.2, 0.25) is 0 Å². The van der Waals surface area contributed by atoms with E-state index in [-0.39, 0.29) is 11.3 Å². The van der Waals surface area contributed by atoms with Gasteiger partial charge in [0.25, 0.3) is 0 Å². The number of anilines is 6. The molecule has 0 aliphatic carbocycles. The van der Waals surface area contributed by atoms with Crippen LogP contribution in [0.5, 0.6) is 0 Å². The molecule has 0 radical (unpaired) electrons. The minimum Gasteiger partial charge on any atom is -0.310 e. The van der Waals surface area contributed by atoms with Crippen LogP contribution in [0.1, 0.15) is 54.5 Å². The second kappa shape index (κ2) is 12.9. The first-order chi connectivity index (χ1) is 26.8. The highest BCUT2D eigenvalue weighted by Gasteiger charge is 2.27. The van der Waals surface area contributed by atoms with Crippen LogP contribution >= 0.6 is 0 Å². The van der Waals surface area contributed by atoms with E-state index < -0.39 is 0 Å². The Morgan fingerprint density at radius 2 is 0.945 bits per heavy atom. The Bertz CT molecular complexity index is 2670. The minimum absolute atomic E-state index is 0.0378. The summed E-state index contributed by atoms with van der Waals surface area (Å²) in [6.07, 6.45) is 0.900. The Hall–Kier alpha value is -6.38. The van der Waals surface area contributed by atoms with E-state index in [1.807, 2.05) is 0 Å². The van der Waals surface area contributed by atoms with Crippen molar-refractivity contribution in [3.05, 3.63) is 204 Å². The summed E-state index contributed by atoms with van der Waals surface area (Å²) in [4.78, 5) is 4.98. The molecule has 2 heteroatoms. The predicted molar refractivity (Wildman–Crippen MR) is 235 cm³/mol. The molecule has 0 atom stereocenters. The van der Waals surface area contributed by atoms with Crippen LogP contribution in [0, 0.1) is 6.92 Å². The summed E-state index contributed by atoms with van der Waals surface area (Å²) >= 11 is 0. The molecule has 10 rings (SSSR count). The molecule has 1 heterocycles. The van der Waals surface area contributed by atoms with Crippen LogP contribution in [-0.2, 0) is 11.8 Å². The number of hydrogen-bond donors (Lipinski definition) is 0. The predicted octanol–water partition coefficient (Wildman–Crippen LogP) is 14.8. The van der Waals surface area contributed by atoms with Crippen molar-refractivity contribution in [1.82, 2.24) is 0 Å². The smallest absolute Gasteiger partial charge is 0.0561 e. The summed E-state index contributed by atoms with van der Waals surface area (Å²) < 4.78 is 0. The van der Waals surface area contributed by atoms with E-state index in [0.29, 0.717) is 0 Å². The minimum atomic E-state index is 0.0378. The topological polar surface area (TPSA) is 6.48 Å². The number of benzene rings is 9. The molecule has 0 N–H and O–H groups in total. The quantitative estimate of drug-likeness (QED) is 0.168. The lowest BCUT2D eigenvalue weighted by molar-refractivity contribution is 0.591. The van der Waals surface area contributed by atoms with Gasteiger partial charge in [0.15, 0.2) is 0 Å². The van der Waals surface area contributed by atoms with Crippen molar-refractivity contribution in [1.29, 1.82) is 0 Å². The molecule has 9 aromatic carbocycles.